The molecule has 0 spiro atoms. The normalized spacial score (nSPS) is 22.3. The zero-order valence-electron chi connectivity index (χ0n) is 22.2. The Labute approximate surface area is 222 Å². The Morgan fingerprint density at radius 2 is 1.82 bits per heavy atom. The Morgan fingerprint density at radius 1 is 1.00 bits per heavy atom. The maximum atomic E-state index is 13.2. The van der Waals surface area contributed by atoms with Gasteiger partial charge in [-0.15, -0.1) is 0 Å². The van der Waals surface area contributed by atoms with Crippen molar-refractivity contribution in [3.05, 3.63) is 88.9 Å². The molecular weight excluding hydrogens is 474 g/mol. The highest BCUT2D eigenvalue weighted by Crippen LogP contribution is 2.36. The number of aliphatic imine (C=N–C) groups is 1. The van der Waals surface area contributed by atoms with Crippen LogP contribution < -0.4 is 5.56 Å². The molecule has 4 aromatic rings. The average molecular weight is 508 g/mol. The predicted octanol–water partition coefficient (Wildman–Crippen LogP) is 6.25. The Morgan fingerprint density at radius 3 is 2.63 bits per heavy atom. The molecule has 0 N–H and O–H groups in total. The molecule has 1 aliphatic carbocycles. The number of aromatic nitrogens is 4. The van der Waals surface area contributed by atoms with Crippen LogP contribution in [0.25, 0.3) is 28.0 Å². The maximum absolute atomic E-state index is 13.2. The summed E-state index contributed by atoms with van der Waals surface area (Å²) in [5, 5.41) is 9.87. The number of allylic oxidation sites excluding steroid dienone is 1. The molecule has 1 fully saturated rings. The van der Waals surface area contributed by atoms with E-state index < -0.39 is 0 Å². The van der Waals surface area contributed by atoms with Crippen molar-refractivity contribution in [1.29, 1.82) is 0 Å². The molecule has 7 nitrogen and oxygen atoms in total. The Balaban J connectivity index is 1.47. The van der Waals surface area contributed by atoms with E-state index in [4.69, 9.17) is 19.9 Å². The predicted molar refractivity (Wildman–Crippen MR) is 150 cm³/mol. The summed E-state index contributed by atoms with van der Waals surface area (Å²) in [4.78, 5) is 18.1. The Kier molecular flexibility index (Phi) is 6.22. The van der Waals surface area contributed by atoms with Crippen molar-refractivity contribution in [1.82, 2.24) is 19.4 Å². The minimum atomic E-state index is -0.166. The highest BCUT2D eigenvalue weighted by Gasteiger charge is 2.30. The van der Waals surface area contributed by atoms with Gasteiger partial charge in [0.1, 0.15) is 5.69 Å². The van der Waals surface area contributed by atoms with Crippen molar-refractivity contribution in [2.24, 2.45) is 4.99 Å². The van der Waals surface area contributed by atoms with E-state index in [0.717, 1.165) is 65.7 Å². The van der Waals surface area contributed by atoms with E-state index in [2.05, 4.69) is 39.0 Å². The third-order valence-corrected chi connectivity index (χ3v) is 7.42. The van der Waals surface area contributed by atoms with Gasteiger partial charge in [-0.1, -0.05) is 42.8 Å². The monoisotopic (exact) mass is 507 g/mol. The fraction of sp³-hybridized carbons (Fsp3) is 0.355. The highest BCUT2D eigenvalue weighted by molar-refractivity contribution is 5.91. The summed E-state index contributed by atoms with van der Waals surface area (Å²) in [7, 11) is 0. The molecule has 0 bridgehead atoms. The van der Waals surface area contributed by atoms with Crippen LogP contribution in [0.4, 0.5) is 0 Å². The first-order chi connectivity index (χ1) is 18.4. The first kappa shape index (κ1) is 24.3. The summed E-state index contributed by atoms with van der Waals surface area (Å²) in [5.41, 5.74) is 5.32. The molecule has 6 rings (SSSR count). The first-order valence-electron chi connectivity index (χ1n) is 13.5. The van der Waals surface area contributed by atoms with Crippen LogP contribution in [0, 0.1) is 0 Å². The second kappa shape index (κ2) is 9.71. The fourth-order valence-electron chi connectivity index (χ4n) is 5.84. The molecule has 0 amide bonds. The smallest absolute Gasteiger partial charge is 0.267 e. The second-order valence-electron chi connectivity index (χ2n) is 11.0. The summed E-state index contributed by atoms with van der Waals surface area (Å²) < 4.78 is 9.63. The van der Waals surface area contributed by atoms with Gasteiger partial charge in [0.15, 0.2) is 0 Å². The van der Waals surface area contributed by atoms with E-state index in [9.17, 15) is 4.79 Å². The van der Waals surface area contributed by atoms with Crippen LogP contribution in [0.15, 0.2) is 88.3 Å². The topological polar surface area (TPSA) is 73.8 Å². The lowest BCUT2D eigenvalue weighted by Gasteiger charge is -2.32. The molecule has 0 radical (unpaired) electrons. The van der Waals surface area contributed by atoms with Gasteiger partial charge in [0.05, 0.1) is 34.5 Å². The molecule has 2 atom stereocenters. The van der Waals surface area contributed by atoms with E-state index in [1.54, 1.807) is 10.7 Å². The van der Waals surface area contributed by atoms with Crippen LogP contribution in [0.1, 0.15) is 58.9 Å². The lowest BCUT2D eigenvalue weighted by atomic mass is 9.89. The van der Waals surface area contributed by atoms with Crippen LogP contribution in [0.2, 0.25) is 0 Å². The van der Waals surface area contributed by atoms with E-state index in [1.807, 2.05) is 53.2 Å². The van der Waals surface area contributed by atoms with Crippen molar-refractivity contribution >= 4 is 11.4 Å². The number of rotatable bonds is 4. The van der Waals surface area contributed by atoms with E-state index in [1.165, 1.54) is 0 Å². The van der Waals surface area contributed by atoms with Crippen LogP contribution in [0.5, 0.6) is 0 Å². The summed E-state index contributed by atoms with van der Waals surface area (Å²) in [6.07, 6.45) is 8.86. The standard InChI is InChI=1S/C31H33N5O2/c1-21-20-31(2,3)32-27(38-21)19-23-13-7-8-14-25(23)36-28(37)17-16-24(33-36)29-26-15-9-10-18-35(26)34-30(29)22-11-5-4-6-12-22/h4-6,9-12,15-19,21,25H,7-8,13-14,20H2,1-3H3. The number of hydrogen-bond acceptors (Lipinski definition) is 5. The number of fused-ring (bicyclic) bond motifs is 1. The molecular formula is C31H33N5O2. The van der Waals surface area contributed by atoms with Gasteiger partial charge in [0.2, 0.25) is 5.90 Å². The van der Waals surface area contributed by atoms with Crippen molar-refractivity contribution in [3.63, 3.8) is 0 Å². The number of ether oxygens (including phenoxy) is 1. The molecule has 1 saturated carbocycles. The highest BCUT2D eigenvalue weighted by atomic mass is 16.5. The van der Waals surface area contributed by atoms with Crippen LogP contribution in [-0.4, -0.2) is 36.9 Å². The molecule has 38 heavy (non-hydrogen) atoms. The van der Waals surface area contributed by atoms with E-state index in [-0.39, 0.29) is 23.2 Å². The Hall–Kier alpha value is -4.00. The SMILES string of the molecule is CC1CC(C)(C)N=C(C=C2CCCCC2n2nc(-c3c(-c4ccccc4)nn4ccccc34)ccc2=O)O1. The molecule has 0 saturated heterocycles. The molecule has 7 heteroatoms. The fourth-order valence-corrected chi connectivity index (χ4v) is 5.84. The summed E-state index contributed by atoms with van der Waals surface area (Å²) in [6.45, 7) is 6.36. The lowest BCUT2D eigenvalue weighted by molar-refractivity contribution is 0.147. The van der Waals surface area contributed by atoms with Gasteiger partial charge in [-0.05, 0) is 63.8 Å². The van der Waals surface area contributed by atoms with Crippen molar-refractivity contribution < 1.29 is 4.74 Å². The maximum Gasteiger partial charge on any atom is 0.267 e. The Bertz CT molecular complexity index is 1600. The van der Waals surface area contributed by atoms with Crippen molar-refractivity contribution in [2.75, 3.05) is 0 Å². The molecule has 3 aromatic heterocycles. The molecule has 1 aliphatic heterocycles. The zero-order valence-corrected chi connectivity index (χ0v) is 22.2. The quantitative estimate of drug-likeness (QED) is 0.327. The van der Waals surface area contributed by atoms with E-state index >= 15 is 0 Å². The first-order valence-corrected chi connectivity index (χ1v) is 13.5. The number of pyridine rings is 1. The molecule has 2 aliphatic rings. The van der Waals surface area contributed by atoms with Crippen LogP contribution in [-0.2, 0) is 4.74 Å². The average Bonchev–Trinajstić information content (AvgIpc) is 3.29. The summed E-state index contributed by atoms with van der Waals surface area (Å²) in [5.74, 6) is 0.661. The van der Waals surface area contributed by atoms with Crippen molar-refractivity contribution in [3.8, 4) is 22.5 Å². The van der Waals surface area contributed by atoms with Crippen molar-refractivity contribution in [2.45, 2.75) is 70.6 Å². The minimum Gasteiger partial charge on any atom is -0.475 e. The number of nitrogens with zero attached hydrogens (tertiary/aromatic N) is 5. The van der Waals surface area contributed by atoms with Gasteiger partial charge in [-0.25, -0.2) is 14.2 Å². The van der Waals surface area contributed by atoms with Gasteiger partial charge in [-0.3, -0.25) is 4.79 Å². The molecule has 194 valence electrons. The summed E-state index contributed by atoms with van der Waals surface area (Å²) >= 11 is 0. The lowest BCUT2D eigenvalue weighted by Crippen LogP contribution is -2.34. The van der Waals surface area contributed by atoms with Crippen LogP contribution >= 0.6 is 0 Å². The zero-order chi connectivity index (χ0) is 26.3. The number of hydrogen-bond donors (Lipinski definition) is 0. The number of benzene rings is 1. The summed E-state index contributed by atoms with van der Waals surface area (Å²) in [6, 6.07) is 19.4. The molecule has 4 heterocycles. The van der Waals surface area contributed by atoms with Gasteiger partial charge in [-0.2, -0.15) is 10.2 Å². The third-order valence-electron chi connectivity index (χ3n) is 7.42. The third kappa shape index (κ3) is 4.69. The van der Waals surface area contributed by atoms with E-state index in [0.29, 0.717) is 5.90 Å². The molecule has 1 aromatic carbocycles. The largest absolute Gasteiger partial charge is 0.475 e. The van der Waals surface area contributed by atoms with Crippen LogP contribution in [0.3, 0.4) is 0 Å². The van der Waals surface area contributed by atoms with Gasteiger partial charge in [0.25, 0.3) is 5.56 Å². The van der Waals surface area contributed by atoms with Gasteiger partial charge >= 0.3 is 0 Å². The van der Waals surface area contributed by atoms with Gasteiger partial charge in [0, 0.05) is 30.3 Å². The molecule has 2 unspecified atom stereocenters. The second-order valence-corrected chi connectivity index (χ2v) is 11.0. The minimum absolute atomic E-state index is 0.104. The van der Waals surface area contributed by atoms with Gasteiger partial charge < -0.3 is 4.74 Å².